The molecule has 0 spiro atoms. The lowest BCUT2D eigenvalue weighted by Gasteiger charge is -2.18. The summed E-state index contributed by atoms with van der Waals surface area (Å²) in [6, 6.07) is 0. The van der Waals surface area contributed by atoms with Crippen LogP contribution in [0.25, 0.3) is 0 Å². The highest BCUT2D eigenvalue weighted by Crippen LogP contribution is 2.39. The van der Waals surface area contributed by atoms with Gasteiger partial charge < -0.3 is 15.5 Å². The molecule has 0 unspecified atom stereocenters. The number of phosphoric ester groups is 1. The zero-order valence-corrected chi connectivity index (χ0v) is 6.13. The maximum absolute atomic E-state index is 10.0. The fourth-order valence-corrected chi connectivity index (χ4v) is 0.919. The van der Waals surface area contributed by atoms with Crippen molar-refractivity contribution in [1.82, 2.24) is 0 Å². The van der Waals surface area contributed by atoms with Gasteiger partial charge in [0, 0.05) is 0 Å². The van der Waals surface area contributed by atoms with Crippen LogP contribution in [0, 0.1) is 0 Å². The van der Waals surface area contributed by atoms with Gasteiger partial charge in [0.1, 0.15) is 5.72 Å². The predicted octanol–water partition coefficient (Wildman–Crippen LogP) is -0.210. The molecule has 0 amide bonds. The number of phosphoric acid groups is 1. The standard InChI is InChI=1S/C3H10NO4P/c1-3(2,4)8-9(5,6)7/h4H2,1-2H3,(H2,5,6,7). The van der Waals surface area contributed by atoms with Crippen LogP contribution in [0.1, 0.15) is 13.8 Å². The molecule has 0 aromatic rings. The summed E-state index contributed by atoms with van der Waals surface area (Å²) in [5, 5.41) is 0. The Hall–Kier alpha value is 0.0700. The summed E-state index contributed by atoms with van der Waals surface area (Å²) in [4.78, 5) is 16.3. The summed E-state index contributed by atoms with van der Waals surface area (Å²) >= 11 is 0. The van der Waals surface area contributed by atoms with Crippen LogP contribution in [0.2, 0.25) is 0 Å². The Bertz CT molecular complexity index is 133. The number of hydrogen-bond donors (Lipinski definition) is 3. The highest BCUT2D eigenvalue weighted by Gasteiger charge is 2.24. The van der Waals surface area contributed by atoms with Crippen LogP contribution in [-0.4, -0.2) is 15.5 Å². The molecule has 0 saturated heterocycles. The summed E-state index contributed by atoms with van der Waals surface area (Å²) in [7, 11) is -4.41. The van der Waals surface area contributed by atoms with E-state index in [-0.39, 0.29) is 0 Å². The van der Waals surface area contributed by atoms with E-state index >= 15 is 0 Å². The van der Waals surface area contributed by atoms with Crippen molar-refractivity contribution >= 4 is 7.82 Å². The molecule has 0 aliphatic rings. The highest BCUT2D eigenvalue weighted by molar-refractivity contribution is 7.46. The van der Waals surface area contributed by atoms with E-state index in [1.54, 1.807) is 0 Å². The first-order valence-electron chi connectivity index (χ1n) is 2.26. The number of hydrogen-bond acceptors (Lipinski definition) is 3. The minimum Gasteiger partial charge on any atom is -0.303 e. The Balaban J connectivity index is 3.90. The molecule has 9 heavy (non-hydrogen) atoms. The molecule has 0 radical (unpaired) electrons. The summed E-state index contributed by atoms with van der Waals surface area (Å²) in [6.07, 6.45) is 0. The van der Waals surface area contributed by atoms with Gasteiger partial charge in [0.2, 0.25) is 0 Å². The first-order chi connectivity index (χ1) is 3.71. The molecule has 0 heterocycles. The average molecular weight is 155 g/mol. The third-order valence-electron chi connectivity index (χ3n) is 0.354. The first kappa shape index (κ1) is 9.07. The van der Waals surface area contributed by atoms with Gasteiger partial charge >= 0.3 is 7.82 Å². The lowest BCUT2D eigenvalue weighted by molar-refractivity contribution is 0.0710. The molecule has 0 aromatic carbocycles. The Morgan fingerprint density at radius 3 is 1.89 bits per heavy atom. The molecule has 0 fully saturated rings. The van der Waals surface area contributed by atoms with Crippen molar-refractivity contribution in [3.8, 4) is 0 Å². The molecule has 56 valence electrons. The van der Waals surface area contributed by atoms with Gasteiger partial charge in [-0.05, 0) is 13.8 Å². The Morgan fingerprint density at radius 2 is 1.89 bits per heavy atom. The summed E-state index contributed by atoms with van der Waals surface area (Å²) in [5.41, 5.74) is 3.83. The van der Waals surface area contributed by atoms with Crippen molar-refractivity contribution in [3.05, 3.63) is 0 Å². The third kappa shape index (κ3) is 8.07. The SMILES string of the molecule is CC(C)(N)OP(=O)(O)O. The molecule has 5 nitrogen and oxygen atoms in total. The average Bonchev–Trinajstić information content (AvgIpc) is 1.14. The number of nitrogens with two attached hydrogens (primary N) is 1. The molecule has 6 heteroatoms. The van der Waals surface area contributed by atoms with E-state index in [4.69, 9.17) is 15.5 Å². The van der Waals surface area contributed by atoms with Gasteiger partial charge in [-0.3, -0.25) is 4.52 Å². The second kappa shape index (κ2) is 2.36. The van der Waals surface area contributed by atoms with Gasteiger partial charge in [-0.2, -0.15) is 0 Å². The quantitative estimate of drug-likeness (QED) is 0.379. The Morgan fingerprint density at radius 1 is 1.56 bits per heavy atom. The summed E-state index contributed by atoms with van der Waals surface area (Å²) in [5.74, 6) is 0. The molecule has 0 atom stereocenters. The van der Waals surface area contributed by atoms with E-state index in [9.17, 15) is 4.57 Å². The van der Waals surface area contributed by atoms with Crippen LogP contribution in [0.3, 0.4) is 0 Å². The zero-order chi connectivity index (χ0) is 7.71. The minimum atomic E-state index is -4.41. The highest BCUT2D eigenvalue weighted by atomic mass is 31.2. The topological polar surface area (TPSA) is 92.8 Å². The molecule has 4 N–H and O–H groups in total. The van der Waals surface area contributed by atoms with E-state index in [0.29, 0.717) is 0 Å². The van der Waals surface area contributed by atoms with E-state index in [0.717, 1.165) is 0 Å². The van der Waals surface area contributed by atoms with Gasteiger partial charge in [0.25, 0.3) is 0 Å². The van der Waals surface area contributed by atoms with Gasteiger partial charge in [-0.25, -0.2) is 4.57 Å². The smallest absolute Gasteiger partial charge is 0.303 e. The molecular formula is C3H10NO4P. The molecular weight excluding hydrogens is 145 g/mol. The third-order valence-corrected chi connectivity index (χ3v) is 1.06. The van der Waals surface area contributed by atoms with Gasteiger partial charge in [0.15, 0.2) is 0 Å². The second-order valence-electron chi connectivity index (χ2n) is 2.19. The Kier molecular flexibility index (Phi) is 2.38. The Labute approximate surface area is 53.1 Å². The van der Waals surface area contributed by atoms with Crippen molar-refractivity contribution in [2.75, 3.05) is 0 Å². The lowest BCUT2D eigenvalue weighted by atomic mass is 10.4. The first-order valence-corrected chi connectivity index (χ1v) is 3.79. The van der Waals surface area contributed by atoms with Crippen LogP contribution < -0.4 is 5.73 Å². The second-order valence-corrected chi connectivity index (χ2v) is 3.35. The van der Waals surface area contributed by atoms with Crippen molar-refractivity contribution in [2.45, 2.75) is 19.6 Å². The molecule has 0 aromatic heterocycles. The van der Waals surface area contributed by atoms with Crippen molar-refractivity contribution in [3.63, 3.8) is 0 Å². The maximum atomic E-state index is 10.0. The van der Waals surface area contributed by atoms with Crippen LogP contribution in [-0.2, 0) is 9.09 Å². The maximum Gasteiger partial charge on any atom is 0.471 e. The van der Waals surface area contributed by atoms with E-state index in [1.165, 1.54) is 13.8 Å². The normalized spacial score (nSPS) is 13.9. The fourth-order valence-electron chi connectivity index (χ4n) is 0.306. The minimum absolute atomic E-state index is 1.28. The largest absolute Gasteiger partial charge is 0.471 e. The van der Waals surface area contributed by atoms with Crippen molar-refractivity contribution in [2.24, 2.45) is 5.73 Å². The van der Waals surface area contributed by atoms with Crippen LogP contribution in [0.4, 0.5) is 0 Å². The molecule has 0 aliphatic carbocycles. The van der Waals surface area contributed by atoms with Crippen LogP contribution >= 0.6 is 7.82 Å². The van der Waals surface area contributed by atoms with Crippen molar-refractivity contribution in [1.29, 1.82) is 0 Å². The van der Waals surface area contributed by atoms with E-state index in [1.807, 2.05) is 0 Å². The molecule has 0 bridgehead atoms. The van der Waals surface area contributed by atoms with Gasteiger partial charge in [-0.1, -0.05) is 0 Å². The van der Waals surface area contributed by atoms with Gasteiger partial charge in [-0.15, -0.1) is 0 Å². The predicted molar refractivity (Wildman–Crippen MR) is 31.4 cm³/mol. The van der Waals surface area contributed by atoms with Gasteiger partial charge in [0.05, 0.1) is 0 Å². The zero-order valence-electron chi connectivity index (χ0n) is 5.24. The number of rotatable bonds is 2. The molecule has 0 aliphatic heterocycles. The monoisotopic (exact) mass is 155 g/mol. The fraction of sp³-hybridized carbons (Fsp3) is 1.00. The van der Waals surface area contributed by atoms with Crippen LogP contribution in [0.5, 0.6) is 0 Å². The van der Waals surface area contributed by atoms with Crippen molar-refractivity contribution < 1.29 is 18.9 Å². The van der Waals surface area contributed by atoms with E-state index in [2.05, 4.69) is 4.52 Å². The molecule has 0 rings (SSSR count). The summed E-state index contributed by atoms with van der Waals surface area (Å²) in [6.45, 7) is 2.71. The molecule has 0 saturated carbocycles. The lowest BCUT2D eigenvalue weighted by Crippen LogP contribution is -2.33. The van der Waals surface area contributed by atoms with E-state index < -0.39 is 13.5 Å². The summed E-state index contributed by atoms with van der Waals surface area (Å²) < 4.78 is 14.1. The van der Waals surface area contributed by atoms with Crippen LogP contribution in [0.15, 0.2) is 0 Å².